The van der Waals surface area contributed by atoms with Gasteiger partial charge in [-0.2, -0.15) is 0 Å². The molecule has 1 amide bonds. The topological polar surface area (TPSA) is 60.0 Å². The molecule has 6 nitrogen and oxygen atoms in total. The van der Waals surface area contributed by atoms with Crippen LogP contribution < -0.4 is 19.5 Å². The third-order valence-corrected chi connectivity index (χ3v) is 3.99. The van der Waals surface area contributed by atoms with Gasteiger partial charge in [-0.15, -0.1) is 0 Å². The van der Waals surface area contributed by atoms with Gasteiger partial charge in [0.25, 0.3) is 5.91 Å². The average molecular weight is 358 g/mol. The van der Waals surface area contributed by atoms with Crippen LogP contribution in [-0.2, 0) is 13.1 Å². The zero-order valence-corrected chi connectivity index (χ0v) is 16.0. The Balaban J connectivity index is 2.21. The van der Waals surface area contributed by atoms with Crippen molar-refractivity contribution in [2.24, 2.45) is 0 Å². The van der Waals surface area contributed by atoms with E-state index in [0.717, 1.165) is 12.1 Å². The van der Waals surface area contributed by atoms with Crippen molar-refractivity contribution in [3.05, 3.63) is 53.1 Å². The van der Waals surface area contributed by atoms with E-state index in [4.69, 9.17) is 14.2 Å². The summed E-state index contributed by atoms with van der Waals surface area (Å²) in [6, 6.07) is 11.3. The third kappa shape index (κ3) is 4.67. The summed E-state index contributed by atoms with van der Waals surface area (Å²) >= 11 is 0. The van der Waals surface area contributed by atoms with Gasteiger partial charge < -0.3 is 24.4 Å². The molecule has 1 N–H and O–H groups in total. The van der Waals surface area contributed by atoms with Gasteiger partial charge in [-0.1, -0.05) is 24.3 Å². The van der Waals surface area contributed by atoms with Crippen LogP contribution in [-0.4, -0.2) is 46.2 Å². The number of nitrogens with one attached hydrogen (secondary N) is 1. The number of methoxy groups -OCH3 is 3. The van der Waals surface area contributed by atoms with Crippen LogP contribution in [0.25, 0.3) is 0 Å². The van der Waals surface area contributed by atoms with Crippen LogP contribution >= 0.6 is 0 Å². The van der Waals surface area contributed by atoms with Crippen LogP contribution in [0.1, 0.15) is 21.5 Å². The summed E-state index contributed by atoms with van der Waals surface area (Å²) in [5.41, 5.74) is 2.65. The van der Waals surface area contributed by atoms with Gasteiger partial charge in [-0.3, -0.25) is 4.79 Å². The molecule has 0 saturated carbocycles. The smallest absolute Gasteiger partial charge is 0.255 e. The number of hydrogen-bond acceptors (Lipinski definition) is 5. The van der Waals surface area contributed by atoms with Gasteiger partial charge in [0.15, 0.2) is 11.5 Å². The number of amides is 1. The lowest BCUT2D eigenvalue weighted by Crippen LogP contribution is -2.24. The summed E-state index contributed by atoms with van der Waals surface area (Å²) in [4.78, 5) is 14.8. The normalized spacial score (nSPS) is 10.5. The number of nitrogens with zero attached hydrogens (tertiary/aromatic N) is 1. The van der Waals surface area contributed by atoms with E-state index in [1.54, 1.807) is 19.2 Å². The molecule has 0 atom stereocenters. The Morgan fingerprint density at radius 2 is 1.50 bits per heavy atom. The van der Waals surface area contributed by atoms with Crippen molar-refractivity contribution in [3.8, 4) is 17.2 Å². The van der Waals surface area contributed by atoms with E-state index < -0.39 is 0 Å². The monoisotopic (exact) mass is 358 g/mol. The summed E-state index contributed by atoms with van der Waals surface area (Å²) < 4.78 is 15.9. The van der Waals surface area contributed by atoms with E-state index in [2.05, 4.69) is 16.3 Å². The molecular weight excluding hydrogens is 332 g/mol. The fraction of sp³-hybridized carbons (Fsp3) is 0.350. The first kappa shape index (κ1) is 19.6. The standard InChI is InChI=1S/C20H26N2O4/c1-22(2)13-15-9-7-6-8-14(15)12-21-20(23)16-10-18(25-4)19(26-5)11-17(16)24-3/h6-11H,12-13H2,1-5H3,(H,21,23). The molecule has 0 unspecified atom stereocenters. The first-order chi connectivity index (χ1) is 12.5. The molecule has 140 valence electrons. The predicted molar refractivity (Wildman–Crippen MR) is 101 cm³/mol. The number of carbonyl (C=O) groups excluding carboxylic acids is 1. The first-order valence-corrected chi connectivity index (χ1v) is 8.29. The highest BCUT2D eigenvalue weighted by atomic mass is 16.5. The number of rotatable bonds is 8. The molecule has 0 aliphatic heterocycles. The van der Waals surface area contributed by atoms with E-state index in [0.29, 0.717) is 29.4 Å². The van der Waals surface area contributed by atoms with Crippen molar-refractivity contribution in [1.29, 1.82) is 0 Å². The maximum atomic E-state index is 12.7. The van der Waals surface area contributed by atoms with E-state index in [1.165, 1.54) is 19.8 Å². The molecule has 0 heterocycles. The molecule has 0 aliphatic rings. The number of ether oxygens (including phenoxy) is 3. The molecule has 0 spiro atoms. The zero-order valence-electron chi connectivity index (χ0n) is 16.0. The SMILES string of the molecule is COc1cc(OC)c(C(=O)NCc2ccccc2CN(C)C)cc1OC. The Kier molecular flexibility index (Phi) is 6.86. The molecule has 2 rings (SSSR count). The van der Waals surface area contributed by atoms with E-state index in [9.17, 15) is 4.79 Å². The van der Waals surface area contributed by atoms with Crippen LogP contribution in [0.3, 0.4) is 0 Å². The molecule has 2 aromatic carbocycles. The van der Waals surface area contributed by atoms with Crippen molar-refractivity contribution >= 4 is 5.91 Å². The number of benzene rings is 2. The summed E-state index contributed by atoms with van der Waals surface area (Å²) in [5, 5.41) is 2.96. The molecule has 0 fully saturated rings. The fourth-order valence-corrected chi connectivity index (χ4v) is 2.70. The highest BCUT2D eigenvalue weighted by molar-refractivity contribution is 5.97. The van der Waals surface area contributed by atoms with Crippen molar-refractivity contribution < 1.29 is 19.0 Å². The van der Waals surface area contributed by atoms with Gasteiger partial charge in [0.1, 0.15) is 5.75 Å². The minimum absolute atomic E-state index is 0.234. The van der Waals surface area contributed by atoms with Crippen molar-refractivity contribution in [1.82, 2.24) is 10.2 Å². The Morgan fingerprint density at radius 1 is 0.923 bits per heavy atom. The summed E-state index contributed by atoms with van der Waals surface area (Å²) in [6.45, 7) is 1.24. The van der Waals surface area contributed by atoms with Crippen molar-refractivity contribution in [2.75, 3.05) is 35.4 Å². The highest BCUT2D eigenvalue weighted by Crippen LogP contribution is 2.34. The zero-order chi connectivity index (χ0) is 19.1. The summed E-state index contributed by atoms with van der Waals surface area (Å²) in [6.07, 6.45) is 0. The van der Waals surface area contributed by atoms with E-state index in [-0.39, 0.29) is 5.91 Å². The molecule has 0 saturated heterocycles. The molecule has 6 heteroatoms. The minimum Gasteiger partial charge on any atom is -0.496 e. The van der Waals surface area contributed by atoms with Crippen LogP contribution in [0.2, 0.25) is 0 Å². The maximum Gasteiger partial charge on any atom is 0.255 e. The minimum atomic E-state index is -0.234. The molecule has 0 aromatic heterocycles. The second kappa shape index (κ2) is 9.10. The van der Waals surface area contributed by atoms with Crippen LogP contribution in [0.15, 0.2) is 36.4 Å². The van der Waals surface area contributed by atoms with Crippen LogP contribution in [0.5, 0.6) is 17.2 Å². The highest BCUT2D eigenvalue weighted by Gasteiger charge is 2.18. The fourth-order valence-electron chi connectivity index (χ4n) is 2.70. The van der Waals surface area contributed by atoms with Crippen LogP contribution in [0.4, 0.5) is 0 Å². The van der Waals surface area contributed by atoms with Gasteiger partial charge >= 0.3 is 0 Å². The molecule has 2 aromatic rings. The lowest BCUT2D eigenvalue weighted by atomic mass is 10.1. The predicted octanol–water partition coefficient (Wildman–Crippen LogP) is 2.70. The van der Waals surface area contributed by atoms with Crippen molar-refractivity contribution in [2.45, 2.75) is 13.1 Å². The summed E-state index contributed by atoms with van der Waals surface area (Å²) in [7, 11) is 8.63. The summed E-state index contributed by atoms with van der Waals surface area (Å²) in [5.74, 6) is 1.19. The molecular formula is C20H26N2O4. The van der Waals surface area contributed by atoms with Gasteiger partial charge in [0.05, 0.1) is 26.9 Å². The lowest BCUT2D eigenvalue weighted by molar-refractivity contribution is 0.0947. The van der Waals surface area contributed by atoms with E-state index >= 15 is 0 Å². The second-order valence-corrected chi connectivity index (χ2v) is 6.10. The van der Waals surface area contributed by atoms with E-state index in [1.807, 2.05) is 32.3 Å². The third-order valence-electron chi connectivity index (χ3n) is 3.99. The molecule has 0 aliphatic carbocycles. The van der Waals surface area contributed by atoms with Gasteiger partial charge in [0, 0.05) is 25.2 Å². The number of hydrogen-bond donors (Lipinski definition) is 1. The largest absolute Gasteiger partial charge is 0.496 e. The maximum absolute atomic E-state index is 12.7. The van der Waals surface area contributed by atoms with Gasteiger partial charge in [0.2, 0.25) is 0 Å². The molecule has 0 bridgehead atoms. The Labute approximate surface area is 154 Å². The van der Waals surface area contributed by atoms with Crippen LogP contribution in [0, 0.1) is 0 Å². The number of carbonyl (C=O) groups is 1. The Bertz CT molecular complexity index is 759. The van der Waals surface area contributed by atoms with Crippen molar-refractivity contribution in [3.63, 3.8) is 0 Å². The average Bonchev–Trinajstić information content (AvgIpc) is 2.65. The van der Waals surface area contributed by atoms with Gasteiger partial charge in [-0.05, 0) is 25.2 Å². The Hall–Kier alpha value is -2.73. The quantitative estimate of drug-likeness (QED) is 0.786. The second-order valence-electron chi connectivity index (χ2n) is 6.10. The lowest BCUT2D eigenvalue weighted by Gasteiger charge is -2.16. The molecule has 26 heavy (non-hydrogen) atoms. The first-order valence-electron chi connectivity index (χ1n) is 8.29. The molecule has 0 radical (unpaired) electrons. The van der Waals surface area contributed by atoms with Gasteiger partial charge in [-0.25, -0.2) is 0 Å². The Morgan fingerprint density at radius 3 is 2.08 bits per heavy atom.